The number of anilines is 1. The predicted molar refractivity (Wildman–Crippen MR) is 86.8 cm³/mol. The van der Waals surface area contributed by atoms with E-state index in [9.17, 15) is 4.79 Å². The molecule has 0 aliphatic carbocycles. The standard InChI is InChI=1S/C15H12BrClN2O/c16-13-6-1-2-7-14(13)19-15(20)18-9-8-11-4-3-5-12(17)10-11/h1-10H,(H2,18,19,20)/b9-8+. The second kappa shape index (κ2) is 7.12. The fourth-order valence-corrected chi connectivity index (χ4v) is 2.13. The number of rotatable bonds is 3. The van der Waals surface area contributed by atoms with Crippen molar-refractivity contribution in [3.05, 3.63) is 69.8 Å². The molecule has 0 atom stereocenters. The molecule has 0 saturated heterocycles. The van der Waals surface area contributed by atoms with Crippen molar-refractivity contribution in [2.75, 3.05) is 5.32 Å². The molecule has 0 aliphatic rings. The summed E-state index contributed by atoms with van der Waals surface area (Å²) >= 11 is 9.23. The van der Waals surface area contributed by atoms with Crippen molar-refractivity contribution in [2.24, 2.45) is 0 Å². The van der Waals surface area contributed by atoms with Crippen LogP contribution in [0.1, 0.15) is 5.56 Å². The summed E-state index contributed by atoms with van der Waals surface area (Å²) in [5.74, 6) is 0. The zero-order chi connectivity index (χ0) is 14.4. The maximum atomic E-state index is 11.7. The summed E-state index contributed by atoms with van der Waals surface area (Å²) in [7, 11) is 0. The molecule has 102 valence electrons. The van der Waals surface area contributed by atoms with Crippen LogP contribution in [-0.2, 0) is 0 Å². The van der Waals surface area contributed by atoms with Crippen LogP contribution in [0.5, 0.6) is 0 Å². The molecule has 2 rings (SSSR count). The topological polar surface area (TPSA) is 41.1 Å². The largest absolute Gasteiger partial charge is 0.323 e. The maximum absolute atomic E-state index is 11.7. The monoisotopic (exact) mass is 350 g/mol. The number of amides is 2. The molecule has 0 fully saturated rings. The number of carbonyl (C=O) groups excluding carboxylic acids is 1. The Morgan fingerprint density at radius 1 is 1.15 bits per heavy atom. The first-order valence-electron chi connectivity index (χ1n) is 5.89. The molecular formula is C15H12BrClN2O. The van der Waals surface area contributed by atoms with Crippen molar-refractivity contribution in [1.29, 1.82) is 0 Å². The van der Waals surface area contributed by atoms with Gasteiger partial charge in [-0.1, -0.05) is 35.9 Å². The van der Waals surface area contributed by atoms with E-state index in [1.807, 2.05) is 42.5 Å². The third-order valence-corrected chi connectivity index (χ3v) is 3.39. The van der Waals surface area contributed by atoms with Gasteiger partial charge in [-0.15, -0.1) is 0 Å². The van der Waals surface area contributed by atoms with E-state index in [1.54, 1.807) is 18.3 Å². The van der Waals surface area contributed by atoms with Crippen LogP contribution >= 0.6 is 27.5 Å². The molecule has 0 heterocycles. The van der Waals surface area contributed by atoms with Gasteiger partial charge < -0.3 is 10.6 Å². The molecule has 2 aromatic carbocycles. The summed E-state index contributed by atoms with van der Waals surface area (Å²) < 4.78 is 0.828. The Labute approximate surface area is 130 Å². The molecular weight excluding hydrogens is 340 g/mol. The van der Waals surface area contributed by atoms with E-state index in [-0.39, 0.29) is 6.03 Å². The molecule has 2 amide bonds. The Hall–Kier alpha value is -1.78. The van der Waals surface area contributed by atoms with Gasteiger partial charge in [-0.05, 0) is 51.8 Å². The van der Waals surface area contributed by atoms with E-state index < -0.39 is 0 Å². The van der Waals surface area contributed by atoms with Gasteiger partial charge in [0.2, 0.25) is 0 Å². The third-order valence-electron chi connectivity index (χ3n) is 2.46. The third kappa shape index (κ3) is 4.40. The van der Waals surface area contributed by atoms with Crippen molar-refractivity contribution in [3.8, 4) is 0 Å². The number of hydrogen-bond acceptors (Lipinski definition) is 1. The van der Waals surface area contributed by atoms with Crippen LogP contribution in [0.15, 0.2) is 59.2 Å². The fourth-order valence-electron chi connectivity index (χ4n) is 1.54. The van der Waals surface area contributed by atoms with E-state index in [4.69, 9.17) is 11.6 Å². The predicted octanol–water partition coefficient (Wildman–Crippen LogP) is 4.89. The minimum Gasteiger partial charge on any atom is -0.314 e. The zero-order valence-corrected chi connectivity index (χ0v) is 12.8. The minimum absolute atomic E-state index is 0.310. The molecule has 5 heteroatoms. The highest BCUT2D eigenvalue weighted by molar-refractivity contribution is 9.10. The van der Waals surface area contributed by atoms with E-state index in [1.165, 1.54) is 0 Å². The number of nitrogens with one attached hydrogen (secondary N) is 2. The van der Waals surface area contributed by atoms with Gasteiger partial charge in [0.1, 0.15) is 0 Å². The number of urea groups is 1. The average molecular weight is 352 g/mol. The molecule has 20 heavy (non-hydrogen) atoms. The Kier molecular flexibility index (Phi) is 5.21. The van der Waals surface area contributed by atoms with Crippen LogP contribution in [0.4, 0.5) is 10.5 Å². The molecule has 0 saturated carbocycles. The second-order valence-corrected chi connectivity index (χ2v) is 5.26. The van der Waals surface area contributed by atoms with E-state index in [2.05, 4.69) is 26.6 Å². The van der Waals surface area contributed by atoms with Crippen molar-refractivity contribution in [1.82, 2.24) is 5.32 Å². The molecule has 0 bridgehead atoms. The lowest BCUT2D eigenvalue weighted by atomic mass is 10.2. The summed E-state index contributed by atoms with van der Waals surface area (Å²) in [6, 6.07) is 14.4. The average Bonchev–Trinajstić information content (AvgIpc) is 2.41. The van der Waals surface area contributed by atoms with Crippen LogP contribution < -0.4 is 10.6 Å². The van der Waals surface area contributed by atoms with Gasteiger partial charge in [-0.25, -0.2) is 4.79 Å². The first-order valence-corrected chi connectivity index (χ1v) is 7.06. The quantitative estimate of drug-likeness (QED) is 0.811. The maximum Gasteiger partial charge on any atom is 0.323 e. The van der Waals surface area contributed by atoms with Gasteiger partial charge in [-0.3, -0.25) is 0 Å². The van der Waals surface area contributed by atoms with Crippen LogP contribution in [0, 0.1) is 0 Å². The van der Waals surface area contributed by atoms with E-state index in [0.717, 1.165) is 10.0 Å². The molecule has 0 aromatic heterocycles. The molecule has 3 nitrogen and oxygen atoms in total. The van der Waals surface area contributed by atoms with Crippen molar-refractivity contribution < 1.29 is 4.79 Å². The van der Waals surface area contributed by atoms with Gasteiger partial charge in [0.05, 0.1) is 5.69 Å². The zero-order valence-electron chi connectivity index (χ0n) is 10.4. The molecule has 0 spiro atoms. The molecule has 2 N–H and O–H groups in total. The minimum atomic E-state index is -0.310. The first-order chi connectivity index (χ1) is 9.65. The Balaban J connectivity index is 1.91. The molecule has 0 radical (unpaired) electrons. The number of benzene rings is 2. The summed E-state index contributed by atoms with van der Waals surface area (Å²) in [6.07, 6.45) is 3.34. The van der Waals surface area contributed by atoms with Crippen LogP contribution in [-0.4, -0.2) is 6.03 Å². The summed E-state index contributed by atoms with van der Waals surface area (Å²) in [6.45, 7) is 0. The van der Waals surface area contributed by atoms with E-state index in [0.29, 0.717) is 10.7 Å². The highest BCUT2D eigenvalue weighted by Crippen LogP contribution is 2.20. The van der Waals surface area contributed by atoms with Crippen LogP contribution in [0.3, 0.4) is 0 Å². The lowest BCUT2D eigenvalue weighted by molar-refractivity contribution is 0.255. The van der Waals surface area contributed by atoms with Gasteiger partial charge in [-0.2, -0.15) is 0 Å². The van der Waals surface area contributed by atoms with Crippen LogP contribution in [0.25, 0.3) is 6.08 Å². The van der Waals surface area contributed by atoms with E-state index >= 15 is 0 Å². The highest BCUT2D eigenvalue weighted by atomic mass is 79.9. The Bertz CT molecular complexity index is 643. The van der Waals surface area contributed by atoms with Gasteiger partial charge >= 0.3 is 6.03 Å². The Morgan fingerprint density at radius 2 is 1.95 bits per heavy atom. The lowest BCUT2D eigenvalue weighted by Gasteiger charge is -2.06. The van der Waals surface area contributed by atoms with Gasteiger partial charge in [0.15, 0.2) is 0 Å². The van der Waals surface area contributed by atoms with Crippen LogP contribution in [0.2, 0.25) is 5.02 Å². The smallest absolute Gasteiger partial charge is 0.314 e. The number of para-hydroxylation sites is 1. The van der Waals surface area contributed by atoms with Crippen molar-refractivity contribution >= 4 is 45.3 Å². The Morgan fingerprint density at radius 3 is 2.70 bits per heavy atom. The molecule has 0 unspecified atom stereocenters. The highest BCUT2D eigenvalue weighted by Gasteiger charge is 2.02. The number of carbonyl (C=O) groups is 1. The summed E-state index contributed by atoms with van der Waals surface area (Å²) in [5, 5.41) is 6.02. The number of hydrogen-bond donors (Lipinski definition) is 2. The SMILES string of the molecule is O=C(N/C=C/c1cccc(Cl)c1)Nc1ccccc1Br. The van der Waals surface area contributed by atoms with Crippen molar-refractivity contribution in [3.63, 3.8) is 0 Å². The summed E-state index contributed by atoms with van der Waals surface area (Å²) in [4.78, 5) is 11.7. The first kappa shape index (κ1) is 14.6. The van der Waals surface area contributed by atoms with Gasteiger partial charge in [0, 0.05) is 15.7 Å². The number of halogens is 2. The normalized spacial score (nSPS) is 10.5. The molecule has 2 aromatic rings. The second-order valence-electron chi connectivity index (χ2n) is 3.97. The van der Waals surface area contributed by atoms with Gasteiger partial charge in [0.25, 0.3) is 0 Å². The summed E-state index contributed by atoms with van der Waals surface area (Å²) in [5.41, 5.74) is 1.62. The molecule has 0 aliphatic heterocycles. The van der Waals surface area contributed by atoms with Crippen molar-refractivity contribution in [2.45, 2.75) is 0 Å². The lowest BCUT2D eigenvalue weighted by Crippen LogP contribution is -2.23. The fraction of sp³-hybridized carbons (Fsp3) is 0.